The van der Waals surface area contributed by atoms with Gasteiger partial charge in [0.1, 0.15) is 5.76 Å². The summed E-state index contributed by atoms with van der Waals surface area (Å²) in [6, 6.07) is -0.978. The third kappa shape index (κ3) is 3.55. The second-order valence-corrected chi connectivity index (χ2v) is 2.72. The molecule has 0 bridgehead atoms. The van der Waals surface area contributed by atoms with Crippen LogP contribution in [0.1, 0.15) is 20.3 Å². The van der Waals surface area contributed by atoms with Crippen molar-refractivity contribution in [3.63, 3.8) is 0 Å². The number of hydrogen-bond donors (Lipinski definition) is 2. The Hall–Kier alpha value is -1.59. The monoisotopic (exact) mass is 189 g/mol. The summed E-state index contributed by atoms with van der Waals surface area (Å²) in [4.78, 5) is 19.9. The largest absolute Gasteiger partial charge is 0.511 e. The Morgan fingerprint density at radius 1 is 1.54 bits per heavy atom. The van der Waals surface area contributed by atoms with Gasteiger partial charge in [0.25, 0.3) is 0 Å². The molecule has 6 nitrogen and oxygen atoms in total. The minimum Gasteiger partial charge on any atom is -0.511 e. The van der Waals surface area contributed by atoms with Gasteiger partial charge in [0.05, 0.1) is 12.0 Å². The molecule has 74 valence electrons. The molecule has 0 amide bonds. The first-order valence-corrected chi connectivity index (χ1v) is 3.61. The molecule has 0 spiro atoms. The lowest BCUT2D eigenvalue weighted by atomic mass is 10.1. The van der Waals surface area contributed by atoms with Gasteiger partial charge < -0.3 is 10.2 Å². The molecule has 0 rings (SSSR count). The van der Waals surface area contributed by atoms with Crippen LogP contribution in [0.2, 0.25) is 0 Å². The van der Waals surface area contributed by atoms with E-state index in [9.17, 15) is 14.9 Å². The zero-order chi connectivity index (χ0) is 10.6. The number of carboxylic acid groups (broad SMARTS) is 1. The van der Waals surface area contributed by atoms with E-state index in [0.717, 1.165) is 0 Å². The van der Waals surface area contributed by atoms with Gasteiger partial charge in [-0.3, -0.25) is 10.1 Å². The predicted molar refractivity (Wildman–Crippen MR) is 44.0 cm³/mol. The first kappa shape index (κ1) is 11.4. The quantitative estimate of drug-likeness (QED) is 0.297. The number of carbonyl (C=O) groups is 1. The van der Waals surface area contributed by atoms with Gasteiger partial charge in [0.2, 0.25) is 6.04 Å². The van der Waals surface area contributed by atoms with Gasteiger partial charge >= 0.3 is 5.97 Å². The van der Waals surface area contributed by atoms with Crippen molar-refractivity contribution < 1.29 is 19.9 Å². The minimum absolute atomic E-state index is 0.256. The fourth-order valence-corrected chi connectivity index (χ4v) is 0.631. The van der Waals surface area contributed by atoms with E-state index >= 15 is 0 Å². The van der Waals surface area contributed by atoms with Crippen LogP contribution in [0, 0.1) is 10.1 Å². The van der Waals surface area contributed by atoms with Crippen molar-refractivity contribution in [3.8, 4) is 0 Å². The molecule has 6 heteroatoms. The summed E-state index contributed by atoms with van der Waals surface area (Å²) in [5.41, 5.74) is -0.256. The highest BCUT2D eigenvalue weighted by atomic mass is 16.6. The zero-order valence-corrected chi connectivity index (χ0v) is 7.35. The van der Waals surface area contributed by atoms with Crippen LogP contribution in [-0.4, -0.2) is 27.1 Å². The smallest absolute Gasteiger partial charge is 0.334 e. The molecular formula is C7H11NO5. The number of hydrogen-bond acceptors (Lipinski definition) is 4. The van der Waals surface area contributed by atoms with Crippen LogP contribution in [0.5, 0.6) is 0 Å². The van der Waals surface area contributed by atoms with Crippen molar-refractivity contribution in [2.24, 2.45) is 0 Å². The summed E-state index contributed by atoms with van der Waals surface area (Å²) in [6.45, 7) is 2.50. The maximum Gasteiger partial charge on any atom is 0.334 e. The number of nitrogens with zero attached hydrogens (tertiary/aromatic N) is 1. The predicted octanol–water partition coefficient (Wildman–Crippen LogP) is 0.958. The van der Waals surface area contributed by atoms with Crippen molar-refractivity contribution in [1.29, 1.82) is 0 Å². The van der Waals surface area contributed by atoms with Gasteiger partial charge in [-0.1, -0.05) is 0 Å². The number of rotatable bonds is 4. The molecule has 1 unspecified atom stereocenters. The molecule has 0 aliphatic carbocycles. The normalized spacial score (nSPS) is 14.6. The van der Waals surface area contributed by atoms with Gasteiger partial charge in [-0.05, 0) is 6.92 Å². The topological polar surface area (TPSA) is 101 Å². The number of aliphatic hydroxyl groups is 1. The molecule has 0 saturated heterocycles. The molecular weight excluding hydrogens is 178 g/mol. The second-order valence-electron chi connectivity index (χ2n) is 2.72. The summed E-state index contributed by atoms with van der Waals surface area (Å²) < 4.78 is 0. The highest BCUT2D eigenvalue weighted by Crippen LogP contribution is 2.09. The van der Waals surface area contributed by atoms with Crippen LogP contribution in [0.15, 0.2) is 11.3 Å². The van der Waals surface area contributed by atoms with Crippen molar-refractivity contribution in [3.05, 3.63) is 21.4 Å². The van der Waals surface area contributed by atoms with E-state index < -0.39 is 22.7 Å². The van der Waals surface area contributed by atoms with E-state index in [1.54, 1.807) is 0 Å². The van der Waals surface area contributed by atoms with Crippen molar-refractivity contribution >= 4 is 5.97 Å². The lowest BCUT2D eigenvalue weighted by Crippen LogP contribution is -2.16. The van der Waals surface area contributed by atoms with Crippen molar-refractivity contribution in [2.45, 2.75) is 26.3 Å². The Balaban J connectivity index is 4.45. The molecule has 1 atom stereocenters. The summed E-state index contributed by atoms with van der Waals surface area (Å²) in [7, 11) is 0. The molecule has 0 aliphatic heterocycles. The van der Waals surface area contributed by atoms with E-state index in [1.165, 1.54) is 13.8 Å². The number of aliphatic hydroxyl groups excluding tert-OH is 1. The Morgan fingerprint density at radius 3 is 2.31 bits per heavy atom. The van der Waals surface area contributed by atoms with Crippen LogP contribution in [0.3, 0.4) is 0 Å². The van der Waals surface area contributed by atoms with Gasteiger partial charge in [0.15, 0.2) is 0 Å². The number of aliphatic carboxylic acids is 1. The summed E-state index contributed by atoms with van der Waals surface area (Å²) >= 11 is 0. The minimum atomic E-state index is -1.27. The number of nitro groups is 1. The Kier molecular flexibility index (Phi) is 3.90. The molecule has 0 fully saturated rings. The highest BCUT2D eigenvalue weighted by molar-refractivity contribution is 5.86. The fraction of sp³-hybridized carbons (Fsp3) is 0.571. The highest BCUT2D eigenvalue weighted by Gasteiger charge is 2.18. The third-order valence-electron chi connectivity index (χ3n) is 1.60. The molecule has 0 radical (unpaired) electrons. The summed E-state index contributed by atoms with van der Waals surface area (Å²) in [5.74, 6) is -1.72. The first-order chi connectivity index (χ1) is 5.86. The van der Waals surface area contributed by atoms with Crippen LogP contribution in [0.25, 0.3) is 0 Å². The lowest BCUT2D eigenvalue weighted by Gasteiger charge is -2.04. The van der Waals surface area contributed by atoms with Crippen molar-refractivity contribution in [2.75, 3.05) is 0 Å². The Bertz CT molecular complexity index is 258. The Morgan fingerprint density at radius 2 is 2.00 bits per heavy atom. The molecule has 0 aromatic heterocycles. The second kappa shape index (κ2) is 4.44. The van der Waals surface area contributed by atoms with Crippen LogP contribution in [0.4, 0.5) is 0 Å². The molecule has 0 aliphatic rings. The van der Waals surface area contributed by atoms with Crippen LogP contribution < -0.4 is 0 Å². The van der Waals surface area contributed by atoms with Gasteiger partial charge in [0, 0.05) is 11.8 Å². The van der Waals surface area contributed by atoms with E-state index in [2.05, 4.69) is 0 Å². The molecule has 13 heavy (non-hydrogen) atoms. The lowest BCUT2D eigenvalue weighted by molar-refractivity contribution is -0.518. The summed E-state index contributed by atoms with van der Waals surface area (Å²) in [6.07, 6.45) is -0.259. The third-order valence-corrected chi connectivity index (χ3v) is 1.60. The molecule has 0 heterocycles. The van der Waals surface area contributed by atoms with Crippen LogP contribution >= 0.6 is 0 Å². The van der Waals surface area contributed by atoms with Crippen molar-refractivity contribution in [1.82, 2.24) is 0 Å². The maximum absolute atomic E-state index is 10.3. The van der Waals surface area contributed by atoms with E-state index in [0.29, 0.717) is 0 Å². The maximum atomic E-state index is 10.3. The van der Waals surface area contributed by atoms with Gasteiger partial charge in [-0.25, -0.2) is 4.79 Å². The van der Waals surface area contributed by atoms with E-state index in [1.807, 2.05) is 0 Å². The van der Waals surface area contributed by atoms with Gasteiger partial charge in [-0.15, -0.1) is 0 Å². The van der Waals surface area contributed by atoms with Crippen LogP contribution in [-0.2, 0) is 4.79 Å². The molecule has 2 N–H and O–H groups in total. The summed E-state index contributed by atoms with van der Waals surface area (Å²) in [5, 5.41) is 27.7. The van der Waals surface area contributed by atoms with E-state index in [4.69, 9.17) is 10.2 Å². The van der Waals surface area contributed by atoms with Gasteiger partial charge in [-0.2, -0.15) is 0 Å². The fourth-order valence-electron chi connectivity index (χ4n) is 0.631. The SMILES string of the molecule is CC(C(=O)O)=C(O)CC(C)[N+](=O)[O-]. The molecule has 0 aromatic carbocycles. The number of carboxylic acids is 1. The average molecular weight is 189 g/mol. The average Bonchev–Trinajstić information content (AvgIpc) is 2.02. The standard InChI is InChI=1S/C7H11NO5/c1-4(8(12)13)3-6(9)5(2)7(10)11/h4,9H,3H2,1-2H3,(H,10,11). The first-order valence-electron chi connectivity index (χ1n) is 3.61. The molecule has 0 aromatic rings. The zero-order valence-electron chi connectivity index (χ0n) is 7.35. The van der Waals surface area contributed by atoms with E-state index in [-0.39, 0.29) is 12.0 Å². The molecule has 0 saturated carbocycles. The Labute approximate surface area is 74.6 Å².